The molecular weight excluding hydrogens is 364 g/mol. The molecule has 6 nitrogen and oxygen atoms in total. The Bertz CT molecular complexity index is 1050. The van der Waals surface area contributed by atoms with Crippen molar-refractivity contribution < 1.29 is 9.59 Å². The van der Waals surface area contributed by atoms with Crippen LogP contribution in [0.5, 0.6) is 0 Å². The molecule has 2 aliphatic rings. The van der Waals surface area contributed by atoms with Crippen LogP contribution in [0.15, 0.2) is 54.7 Å². The van der Waals surface area contributed by atoms with Gasteiger partial charge in [-0.05, 0) is 49.9 Å². The molecule has 148 valence electrons. The Hall–Kier alpha value is -3.15. The van der Waals surface area contributed by atoms with Gasteiger partial charge in [-0.25, -0.2) is 4.98 Å². The van der Waals surface area contributed by atoms with Crippen LogP contribution in [0.1, 0.15) is 58.4 Å². The Morgan fingerprint density at radius 1 is 0.862 bits per heavy atom. The molecule has 2 saturated heterocycles. The summed E-state index contributed by atoms with van der Waals surface area (Å²) < 4.78 is 1.99. The summed E-state index contributed by atoms with van der Waals surface area (Å²) in [7, 11) is 0. The number of carbonyl (C=O) groups is 2. The quantitative estimate of drug-likeness (QED) is 0.689. The smallest absolute Gasteiger partial charge is 0.274 e. The molecule has 1 aromatic carbocycles. The highest BCUT2D eigenvalue weighted by Crippen LogP contribution is 2.34. The van der Waals surface area contributed by atoms with Crippen LogP contribution in [0, 0.1) is 0 Å². The number of aromatic nitrogens is 2. The molecule has 0 saturated carbocycles. The second-order valence-corrected chi connectivity index (χ2v) is 7.80. The zero-order valence-electron chi connectivity index (χ0n) is 16.3. The third-order valence-corrected chi connectivity index (χ3v) is 6.00. The number of rotatable bonds is 3. The topological polar surface area (TPSA) is 57.9 Å². The zero-order valence-corrected chi connectivity index (χ0v) is 16.3. The van der Waals surface area contributed by atoms with Crippen LogP contribution >= 0.6 is 0 Å². The molecule has 0 aliphatic carbocycles. The molecule has 2 aliphatic heterocycles. The lowest BCUT2D eigenvalue weighted by molar-refractivity contribution is 0.0729. The number of carbonyl (C=O) groups excluding carboxylic acids is 2. The monoisotopic (exact) mass is 388 g/mol. The first-order chi connectivity index (χ1) is 14.2. The third-order valence-electron chi connectivity index (χ3n) is 6.00. The van der Waals surface area contributed by atoms with Crippen LogP contribution in [-0.2, 0) is 0 Å². The van der Waals surface area contributed by atoms with Crippen molar-refractivity contribution in [2.24, 2.45) is 0 Å². The van der Waals surface area contributed by atoms with Crippen molar-refractivity contribution in [2.75, 3.05) is 19.6 Å². The van der Waals surface area contributed by atoms with Crippen molar-refractivity contribution in [1.29, 1.82) is 0 Å². The summed E-state index contributed by atoms with van der Waals surface area (Å²) in [6, 6.07) is 15.1. The molecule has 6 heteroatoms. The Morgan fingerprint density at radius 3 is 2.41 bits per heavy atom. The van der Waals surface area contributed by atoms with Crippen molar-refractivity contribution in [1.82, 2.24) is 19.2 Å². The fourth-order valence-electron chi connectivity index (χ4n) is 4.55. The van der Waals surface area contributed by atoms with Gasteiger partial charge in [0.25, 0.3) is 11.8 Å². The Morgan fingerprint density at radius 2 is 1.62 bits per heavy atom. The Balaban J connectivity index is 1.54. The second-order valence-electron chi connectivity index (χ2n) is 7.80. The molecule has 2 amide bonds. The van der Waals surface area contributed by atoms with Crippen molar-refractivity contribution in [2.45, 2.75) is 31.7 Å². The minimum atomic E-state index is -0.127. The average molecular weight is 388 g/mol. The largest absolute Gasteiger partial charge is 0.337 e. The van der Waals surface area contributed by atoms with Crippen LogP contribution in [0.3, 0.4) is 0 Å². The van der Waals surface area contributed by atoms with Gasteiger partial charge in [0.05, 0.1) is 11.6 Å². The molecule has 2 aromatic heterocycles. The molecule has 5 rings (SSSR count). The number of likely N-dealkylation sites (tertiary alicyclic amines) is 2. The van der Waals surface area contributed by atoms with Gasteiger partial charge in [0.1, 0.15) is 5.82 Å². The van der Waals surface area contributed by atoms with E-state index in [9.17, 15) is 9.59 Å². The zero-order chi connectivity index (χ0) is 19.8. The Kier molecular flexibility index (Phi) is 4.54. The van der Waals surface area contributed by atoms with Gasteiger partial charge in [-0.1, -0.05) is 24.3 Å². The molecule has 0 unspecified atom stereocenters. The molecule has 0 N–H and O–H groups in total. The fourth-order valence-corrected chi connectivity index (χ4v) is 4.55. The highest BCUT2D eigenvalue weighted by Gasteiger charge is 2.35. The second kappa shape index (κ2) is 7.35. The first-order valence-electron chi connectivity index (χ1n) is 10.4. The van der Waals surface area contributed by atoms with Crippen LogP contribution in [0.25, 0.3) is 5.52 Å². The number of nitrogens with zero attached hydrogens (tertiary/aromatic N) is 4. The predicted molar refractivity (Wildman–Crippen MR) is 110 cm³/mol. The highest BCUT2D eigenvalue weighted by atomic mass is 16.2. The van der Waals surface area contributed by atoms with Gasteiger partial charge in [-0.15, -0.1) is 0 Å². The number of hydrogen-bond acceptors (Lipinski definition) is 3. The number of fused-ring (bicyclic) bond motifs is 1. The summed E-state index contributed by atoms with van der Waals surface area (Å²) in [4.78, 5) is 34.8. The van der Waals surface area contributed by atoms with Gasteiger partial charge in [0.2, 0.25) is 0 Å². The lowest BCUT2D eigenvalue weighted by Gasteiger charge is -2.24. The van der Waals surface area contributed by atoms with Gasteiger partial charge in [0, 0.05) is 31.4 Å². The molecule has 0 bridgehead atoms. The van der Waals surface area contributed by atoms with E-state index in [4.69, 9.17) is 4.98 Å². The van der Waals surface area contributed by atoms with E-state index in [2.05, 4.69) is 0 Å². The lowest BCUT2D eigenvalue weighted by Crippen LogP contribution is -2.31. The van der Waals surface area contributed by atoms with Crippen molar-refractivity contribution in [3.8, 4) is 0 Å². The van der Waals surface area contributed by atoms with Gasteiger partial charge in [-0.3, -0.25) is 9.59 Å². The first kappa shape index (κ1) is 17.9. The highest BCUT2D eigenvalue weighted by molar-refractivity contribution is 5.99. The standard InChI is InChI=1S/C23H24N4O2/c28-22(17-9-2-1-3-10-17)27-16-8-12-19(27)21-24-20(18-11-4-5-15-26(18)21)23(29)25-13-6-7-14-25/h1-5,9-11,15,19H,6-8,12-14,16H2/t19-/m1/s1. The van der Waals surface area contributed by atoms with Crippen LogP contribution < -0.4 is 0 Å². The van der Waals surface area contributed by atoms with Crippen molar-refractivity contribution in [3.63, 3.8) is 0 Å². The van der Waals surface area contributed by atoms with Gasteiger partial charge >= 0.3 is 0 Å². The summed E-state index contributed by atoms with van der Waals surface area (Å²) in [6.07, 6.45) is 5.82. The summed E-state index contributed by atoms with van der Waals surface area (Å²) in [5.41, 5.74) is 2.01. The summed E-state index contributed by atoms with van der Waals surface area (Å²) >= 11 is 0. The van der Waals surface area contributed by atoms with Crippen LogP contribution in [0.4, 0.5) is 0 Å². The lowest BCUT2D eigenvalue weighted by atomic mass is 10.1. The molecule has 1 atom stereocenters. The minimum Gasteiger partial charge on any atom is -0.337 e. The van der Waals surface area contributed by atoms with E-state index in [-0.39, 0.29) is 17.9 Å². The fraction of sp³-hybridized carbons (Fsp3) is 0.348. The van der Waals surface area contributed by atoms with Gasteiger partial charge < -0.3 is 14.2 Å². The predicted octanol–water partition coefficient (Wildman–Crippen LogP) is 3.55. The van der Waals surface area contributed by atoms with E-state index in [0.717, 1.165) is 50.1 Å². The first-order valence-corrected chi connectivity index (χ1v) is 10.4. The van der Waals surface area contributed by atoms with Gasteiger partial charge in [-0.2, -0.15) is 0 Å². The Labute approximate surface area is 169 Å². The van der Waals surface area contributed by atoms with E-state index >= 15 is 0 Å². The van der Waals surface area contributed by atoms with Crippen molar-refractivity contribution in [3.05, 3.63) is 71.8 Å². The van der Waals surface area contributed by atoms with Crippen LogP contribution in [-0.4, -0.2) is 50.6 Å². The number of imidazole rings is 1. The maximum atomic E-state index is 13.1. The van der Waals surface area contributed by atoms with E-state index in [0.29, 0.717) is 17.8 Å². The summed E-state index contributed by atoms with van der Waals surface area (Å²) in [5.74, 6) is 0.800. The molecule has 0 spiro atoms. The molecule has 29 heavy (non-hydrogen) atoms. The number of hydrogen-bond donors (Lipinski definition) is 0. The van der Waals surface area contributed by atoms with E-state index < -0.39 is 0 Å². The maximum Gasteiger partial charge on any atom is 0.274 e. The molecule has 3 aromatic rings. The molecule has 0 radical (unpaired) electrons. The minimum absolute atomic E-state index is 0.00335. The third kappa shape index (κ3) is 3.09. The average Bonchev–Trinajstić information content (AvgIpc) is 3.52. The van der Waals surface area contributed by atoms with Crippen LogP contribution in [0.2, 0.25) is 0 Å². The molecule has 2 fully saturated rings. The number of amides is 2. The summed E-state index contributed by atoms with van der Waals surface area (Å²) in [5, 5.41) is 0. The molecule has 4 heterocycles. The van der Waals surface area contributed by atoms with E-state index in [1.807, 2.05) is 68.9 Å². The number of pyridine rings is 1. The van der Waals surface area contributed by atoms with E-state index in [1.54, 1.807) is 0 Å². The summed E-state index contributed by atoms with van der Waals surface area (Å²) in [6.45, 7) is 2.29. The SMILES string of the molecule is O=C(c1nc([C@H]2CCCN2C(=O)c2ccccc2)n2ccccc12)N1CCCC1. The maximum absolute atomic E-state index is 13.1. The molecular formula is C23H24N4O2. The van der Waals surface area contributed by atoms with E-state index in [1.165, 1.54) is 0 Å². The van der Waals surface area contributed by atoms with Gasteiger partial charge in [0.15, 0.2) is 5.69 Å². The normalized spacial score (nSPS) is 19.2. The van der Waals surface area contributed by atoms with Crippen molar-refractivity contribution >= 4 is 17.3 Å². The number of benzene rings is 1.